The van der Waals surface area contributed by atoms with Gasteiger partial charge in [-0.15, -0.1) is 0 Å². The van der Waals surface area contributed by atoms with Crippen LogP contribution in [-0.2, 0) is 6.54 Å². The first-order valence-corrected chi connectivity index (χ1v) is 5.19. The Morgan fingerprint density at radius 3 is 2.47 bits per heavy atom. The summed E-state index contributed by atoms with van der Waals surface area (Å²) in [7, 11) is 0. The van der Waals surface area contributed by atoms with Crippen molar-refractivity contribution in [2.45, 2.75) is 18.9 Å². The molecule has 0 bridgehead atoms. The van der Waals surface area contributed by atoms with Crippen LogP contribution in [0.15, 0.2) is 18.2 Å². The van der Waals surface area contributed by atoms with Crippen LogP contribution in [-0.4, -0.2) is 24.8 Å². The topological polar surface area (TPSA) is 55.1 Å². The fourth-order valence-corrected chi connectivity index (χ4v) is 1.28. The van der Waals surface area contributed by atoms with Gasteiger partial charge in [0.1, 0.15) is 5.82 Å². The van der Waals surface area contributed by atoms with E-state index in [1.807, 2.05) is 5.32 Å². The zero-order chi connectivity index (χ0) is 14.6. The van der Waals surface area contributed by atoms with E-state index in [4.69, 9.17) is 5.73 Å². The third kappa shape index (κ3) is 4.16. The average Bonchev–Trinajstić information content (AvgIpc) is 2.30. The van der Waals surface area contributed by atoms with Crippen molar-refractivity contribution in [1.29, 1.82) is 0 Å². The first-order chi connectivity index (χ1) is 8.74. The quantitative estimate of drug-likeness (QED) is 0.783. The number of nitrogens with one attached hydrogen (secondary N) is 1. The minimum absolute atomic E-state index is 0.0323. The van der Waals surface area contributed by atoms with Gasteiger partial charge in [0.05, 0.1) is 6.54 Å². The molecule has 0 saturated heterocycles. The summed E-state index contributed by atoms with van der Waals surface area (Å²) in [6.07, 6.45) is -3.79. The van der Waals surface area contributed by atoms with Crippen LogP contribution in [0.3, 0.4) is 0 Å². The second kappa shape index (κ2) is 5.96. The summed E-state index contributed by atoms with van der Waals surface area (Å²) >= 11 is 0. The van der Waals surface area contributed by atoms with E-state index in [0.29, 0.717) is 0 Å². The number of halogens is 5. The SMILES string of the molecule is NC(=O)c1ccc(CNCC(F)(F)C(F)F)c(F)c1. The molecule has 0 atom stereocenters. The van der Waals surface area contributed by atoms with E-state index >= 15 is 0 Å². The minimum Gasteiger partial charge on any atom is -0.366 e. The maximum atomic E-state index is 13.4. The van der Waals surface area contributed by atoms with Crippen LogP contribution in [0.1, 0.15) is 15.9 Å². The number of hydrogen-bond donors (Lipinski definition) is 2. The van der Waals surface area contributed by atoms with Crippen molar-refractivity contribution in [2.24, 2.45) is 5.73 Å². The maximum Gasteiger partial charge on any atom is 0.319 e. The van der Waals surface area contributed by atoms with Gasteiger partial charge in [-0.3, -0.25) is 4.79 Å². The van der Waals surface area contributed by atoms with Crippen LogP contribution in [0, 0.1) is 5.82 Å². The Morgan fingerprint density at radius 2 is 2.00 bits per heavy atom. The highest BCUT2D eigenvalue weighted by atomic mass is 19.3. The Kier molecular flexibility index (Phi) is 4.82. The summed E-state index contributed by atoms with van der Waals surface area (Å²) in [6, 6.07) is 3.24. The van der Waals surface area contributed by atoms with Crippen LogP contribution < -0.4 is 11.1 Å². The van der Waals surface area contributed by atoms with Gasteiger partial charge in [-0.25, -0.2) is 13.2 Å². The molecule has 19 heavy (non-hydrogen) atoms. The number of amides is 1. The van der Waals surface area contributed by atoms with Crippen LogP contribution in [0.5, 0.6) is 0 Å². The molecule has 0 spiro atoms. The molecule has 0 radical (unpaired) electrons. The van der Waals surface area contributed by atoms with E-state index in [0.717, 1.165) is 6.07 Å². The molecule has 0 aliphatic heterocycles. The number of carbonyl (C=O) groups excluding carboxylic acids is 1. The maximum absolute atomic E-state index is 13.4. The third-order valence-corrected chi connectivity index (χ3v) is 2.33. The van der Waals surface area contributed by atoms with Crippen molar-refractivity contribution in [1.82, 2.24) is 5.32 Å². The molecule has 0 aromatic heterocycles. The molecule has 0 aliphatic carbocycles. The van der Waals surface area contributed by atoms with Gasteiger partial charge in [0.25, 0.3) is 0 Å². The van der Waals surface area contributed by atoms with Gasteiger partial charge >= 0.3 is 12.3 Å². The fourth-order valence-electron chi connectivity index (χ4n) is 1.28. The molecule has 3 N–H and O–H groups in total. The number of benzene rings is 1. The van der Waals surface area contributed by atoms with Crippen molar-refractivity contribution in [3.05, 3.63) is 35.1 Å². The van der Waals surface area contributed by atoms with Crippen molar-refractivity contribution in [3.63, 3.8) is 0 Å². The lowest BCUT2D eigenvalue weighted by Gasteiger charge is -2.16. The summed E-state index contributed by atoms with van der Waals surface area (Å²) in [5.74, 6) is -5.84. The predicted molar refractivity (Wildman–Crippen MR) is 57.6 cm³/mol. The smallest absolute Gasteiger partial charge is 0.319 e. The van der Waals surface area contributed by atoms with Gasteiger partial charge in [0.15, 0.2) is 0 Å². The fraction of sp³-hybridized carbons (Fsp3) is 0.364. The van der Waals surface area contributed by atoms with Crippen LogP contribution in [0.25, 0.3) is 0 Å². The third-order valence-electron chi connectivity index (χ3n) is 2.33. The highest BCUT2D eigenvalue weighted by Gasteiger charge is 2.39. The first-order valence-electron chi connectivity index (χ1n) is 5.19. The van der Waals surface area contributed by atoms with Gasteiger partial charge in [-0.05, 0) is 12.1 Å². The Bertz CT molecular complexity index is 464. The van der Waals surface area contributed by atoms with Gasteiger partial charge in [-0.1, -0.05) is 6.07 Å². The van der Waals surface area contributed by atoms with Crippen LogP contribution in [0.2, 0.25) is 0 Å². The van der Waals surface area contributed by atoms with E-state index in [9.17, 15) is 26.7 Å². The van der Waals surface area contributed by atoms with Gasteiger partial charge in [0.2, 0.25) is 5.91 Å². The number of carbonyl (C=O) groups is 1. The lowest BCUT2D eigenvalue weighted by molar-refractivity contribution is -0.125. The van der Waals surface area contributed by atoms with E-state index in [2.05, 4.69) is 0 Å². The van der Waals surface area contributed by atoms with E-state index in [-0.39, 0.29) is 17.7 Å². The highest BCUT2D eigenvalue weighted by Crippen LogP contribution is 2.21. The molecule has 1 rings (SSSR count). The Hall–Kier alpha value is -1.70. The standard InChI is InChI=1S/C11H11F5N2O/c12-8-3-6(9(17)19)1-2-7(8)4-18-5-11(15,16)10(13)14/h1-3,10,18H,4-5H2,(H2,17,19). The average molecular weight is 282 g/mol. The van der Waals surface area contributed by atoms with E-state index in [1.54, 1.807) is 0 Å². The molecule has 3 nitrogen and oxygen atoms in total. The molecule has 1 aromatic carbocycles. The summed E-state index contributed by atoms with van der Waals surface area (Å²) in [5.41, 5.74) is 4.82. The van der Waals surface area contributed by atoms with Crippen LogP contribution >= 0.6 is 0 Å². The molecule has 0 aliphatic rings. The van der Waals surface area contributed by atoms with Crippen molar-refractivity contribution >= 4 is 5.91 Å². The largest absolute Gasteiger partial charge is 0.366 e. The van der Waals surface area contributed by atoms with Crippen LogP contribution in [0.4, 0.5) is 22.0 Å². The monoisotopic (exact) mass is 282 g/mol. The molecule has 8 heteroatoms. The zero-order valence-corrected chi connectivity index (χ0v) is 9.60. The second-order valence-electron chi connectivity index (χ2n) is 3.84. The number of alkyl halides is 4. The number of hydrogen-bond acceptors (Lipinski definition) is 2. The van der Waals surface area contributed by atoms with Gasteiger partial charge < -0.3 is 11.1 Å². The minimum atomic E-state index is -4.18. The second-order valence-corrected chi connectivity index (χ2v) is 3.84. The molecule has 0 unspecified atom stereocenters. The predicted octanol–water partition coefficient (Wildman–Crippen LogP) is 1.91. The Balaban J connectivity index is 2.62. The lowest BCUT2D eigenvalue weighted by Crippen LogP contribution is -2.38. The highest BCUT2D eigenvalue weighted by molar-refractivity contribution is 5.92. The molecule has 1 aromatic rings. The molecule has 0 saturated carbocycles. The molecular weight excluding hydrogens is 271 g/mol. The summed E-state index contributed by atoms with van der Waals surface area (Å²) < 4.78 is 62.2. The summed E-state index contributed by atoms with van der Waals surface area (Å²) in [4.78, 5) is 10.7. The van der Waals surface area contributed by atoms with Crippen molar-refractivity contribution < 1.29 is 26.7 Å². The van der Waals surface area contributed by atoms with E-state index in [1.165, 1.54) is 12.1 Å². The molecule has 1 amide bonds. The first kappa shape index (κ1) is 15.4. The number of nitrogens with two attached hydrogens (primary N) is 1. The Labute approximate surface area is 105 Å². The Morgan fingerprint density at radius 1 is 1.37 bits per heavy atom. The lowest BCUT2D eigenvalue weighted by atomic mass is 10.1. The molecule has 0 fully saturated rings. The number of rotatable bonds is 6. The summed E-state index contributed by atoms with van der Waals surface area (Å²) in [5, 5.41) is 2.03. The van der Waals surface area contributed by atoms with E-state index < -0.39 is 30.6 Å². The molecular formula is C11H11F5N2O. The summed E-state index contributed by atoms with van der Waals surface area (Å²) in [6.45, 7) is -1.64. The van der Waals surface area contributed by atoms with Gasteiger partial charge in [0, 0.05) is 17.7 Å². The zero-order valence-electron chi connectivity index (χ0n) is 9.60. The number of primary amides is 1. The molecule has 106 valence electrons. The van der Waals surface area contributed by atoms with Crippen molar-refractivity contribution in [3.8, 4) is 0 Å². The van der Waals surface area contributed by atoms with Gasteiger partial charge in [-0.2, -0.15) is 8.78 Å². The normalized spacial score (nSPS) is 11.9. The molecule has 0 heterocycles. The van der Waals surface area contributed by atoms with Crippen molar-refractivity contribution in [2.75, 3.05) is 6.54 Å².